The van der Waals surface area contributed by atoms with Gasteiger partial charge in [-0.2, -0.15) is 4.80 Å². The van der Waals surface area contributed by atoms with Crippen molar-refractivity contribution in [2.45, 2.75) is 19.9 Å². The van der Waals surface area contributed by atoms with Crippen molar-refractivity contribution in [3.05, 3.63) is 52.2 Å². The topological polar surface area (TPSA) is 97.9 Å². The highest BCUT2D eigenvalue weighted by atomic mass is 35.5. The molecule has 0 atom stereocenters. The largest absolute Gasteiger partial charge is 0.457 e. The smallest absolute Gasteiger partial charge is 0.269 e. The van der Waals surface area contributed by atoms with E-state index in [-0.39, 0.29) is 11.1 Å². The van der Waals surface area contributed by atoms with E-state index >= 15 is 0 Å². The summed E-state index contributed by atoms with van der Waals surface area (Å²) >= 11 is 17.3. The molecule has 0 aliphatic rings. The highest BCUT2D eigenvalue weighted by Crippen LogP contribution is 2.34. The van der Waals surface area contributed by atoms with Crippen molar-refractivity contribution in [1.29, 1.82) is 0 Å². The molecule has 0 radical (unpaired) electrons. The fourth-order valence-electron chi connectivity index (χ4n) is 2.31. The van der Waals surface area contributed by atoms with Crippen LogP contribution in [0, 0.1) is 0 Å². The van der Waals surface area contributed by atoms with Gasteiger partial charge in [0.15, 0.2) is 5.11 Å². The number of tetrazole rings is 1. The lowest BCUT2D eigenvalue weighted by Gasteiger charge is -2.03. The zero-order valence-electron chi connectivity index (χ0n) is 15.2. The number of anilines is 1. The fraction of sp³-hybridized carbons (Fsp3) is 0.167. The first-order valence-corrected chi connectivity index (χ1v) is 9.74. The number of carbonyl (C=O) groups excluding carboxylic acids is 1. The molecule has 3 rings (SSSR count). The minimum atomic E-state index is -0.442. The first-order chi connectivity index (χ1) is 14.0. The quantitative estimate of drug-likeness (QED) is 0.429. The molecule has 8 nitrogen and oxygen atoms in total. The van der Waals surface area contributed by atoms with Gasteiger partial charge >= 0.3 is 0 Å². The van der Waals surface area contributed by atoms with Crippen LogP contribution in [0.4, 0.5) is 5.95 Å². The summed E-state index contributed by atoms with van der Waals surface area (Å²) < 4.78 is 5.69. The monoisotopic (exact) mass is 450 g/mol. The van der Waals surface area contributed by atoms with E-state index in [2.05, 4.69) is 26.0 Å². The second-order valence-electron chi connectivity index (χ2n) is 5.79. The number of thiocarbonyl (C=S) groups is 1. The van der Waals surface area contributed by atoms with Crippen LogP contribution in [0.2, 0.25) is 10.0 Å². The highest BCUT2D eigenvalue weighted by molar-refractivity contribution is 7.80. The van der Waals surface area contributed by atoms with Gasteiger partial charge in [-0.05, 0) is 54.2 Å². The average Bonchev–Trinajstić information content (AvgIpc) is 3.32. The molecular weight excluding hydrogens is 435 g/mol. The van der Waals surface area contributed by atoms with Crippen LogP contribution in [0.1, 0.15) is 19.1 Å². The Morgan fingerprint density at radius 2 is 2.14 bits per heavy atom. The Labute approximate surface area is 181 Å². The second kappa shape index (κ2) is 9.64. The van der Waals surface area contributed by atoms with Gasteiger partial charge < -0.3 is 4.42 Å². The van der Waals surface area contributed by atoms with Crippen molar-refractivity contribution in [2.75, 3.05) is 5.32 Å². The van der Waals surface area contributed by atoms with E-state index < -0.39 is 5.91 Å². The van der Waals surface area contributed by atoms with Gasteiger partial charge in [0, 0.05) is 11.6 Å². The van der Waals surface area contributed by atoms with E-state index in [9.17, 15) is 4.79 Å². The summed E-state index contributed by atoms with van der Waals surface area (Å²) in [4.78, 5) is 13.5. The lowest BCUT2D eigenvalue weighted by molar-refractivity contribution is -0.115. The van der Waals surface area contributed by atoms with Gasteiger partial charge in [-0.1, -0.05) is 41.3 Å². The Morgan fingerprint density at radius 3 is 2.93 bits per heavy atom. The summed E-state index contributed by atoms with van der Waals surface area (Å²) in [6.07, 6.45) is 3.67. The van der Waals surface area contributed by atoms with Crippen LogP contribution in [-0.4, -0.2) is 31.2 Å². The molecule has 2 heterocycles. The Kier molecular flexibility index (Phi) is 6.97. The predicted molar refractivity (Wildman–Crippen MR) is 116 cm³/mol. The minimum Gasteiger partial charge on any atom is -0.457 e. The molecule has 11 heteroatoms. The number of carbonyl (C=O) groups is 1. The number of hydrogen-bond acceptors (Lipinski definition) is 6. The number of halogens is 2. The summed E-state index contributed by atoms with van der Waals surface area (Å²) in [6.45, 7) is 2.64. The number of aryl methyl sites for hydroxylation is 1. The van der Waals surface area contributed by atoms with Gasteiger partial charge in [-0.25, -0.2) is 0 Å². The standard InChI is InChI=1S/C18H16Cl2N6O2S/c1-2-10-26-24-17(23-25-26)22-18(29)21-15(27)9-7-11-6-8-14(28-11)12-4-3-5-13(19)16(12)20/h3-9H,2,10H2,1H3,(H2,21,22,24,27,29)/b9-7+. The molecule has 0 saturated heterocycles. The van der Waals surface area contributed by atoms with Crippen LogP contribution in [0.25, 0.3) is 17.4 Å². The molecule has 0 unspecified atom stereocenters. The lowest BCUT2D eigenvalue weighted by atomic mass is 10.2. The molecule has 1 aromatic carbocycles. The van der Waals surface area contributed by atoms with Crippen molar-refractivity contribution in [3.63, 3.8) is 0 Å². The molecule has 1 amide bonds. The Balaban J connectivity index is 1.57. The molecule has 2 aromatic heterocycles. The summed E-state index contributed by atoms with van der Waals surface area (Å²) in [5.41, 5.74) is 0.664. The van der Waals surface area contributed by atoms with Gasteiger partial charge in [0.2, 0.25) is 5.91 Å². The maximum absolute atomic E-state index is 12.0. The Morgan fingerprint density at radius 1 is 1.31 bits per heavy atom. The first kappa shape index (κ1) is 21.0. The molecule has 0 spiro atoms. The van der Waals surface area contributed by atoms with Crippen molar-refractivity contribution in [1.82, 2.24) is 25.5 Å². The van der Waals surface area contributed by atoms with E-state index in [1.807, 2.05) is 6.92 Å². The van der Waals surface area contributed by atoms with Gasteiger partial charge in [-0.3, -0.25) is 15.4 Å². The summed E-state index contributed by atoms with van der Waals surface area (Å²) in [5, 5.41) is 17.8. The summed E-state index contributed by atoms with van der Waals surface area (Å²) in [7, 11) is 0. The van der Waals surface area contributed by atoms with Crippen LogP contribution in [0.5, 0.6) is 0 Å². The molecule has 2 N–H and O–H groups in total. The number of amides is 1. The molecule has 150 valence electrons. The molecule has 0 fully saturated rings. The SMILES string of the molecule is CCCn1nnc(NC(=S)NC(=O)/C=C/c2ccc(-c3cccc(Cl)c3Cl)o2)n1. The van der Waals surface area contributed by atoms with E-state index in [0.717, 1.165) is 6.42 Å². The fourth-order valence-corrected chi connectivity index (χ4v) is 2.90. The zero-order valence-corrected chi connectivity index (χ0v) is 17.6. The molecular formula is C18H16Cl2N6O2S. The van der Waals surface area contributed by atoms with Crippen LogP contribution in [0.3, 0.4) is 0 Å². The lowest BCUT2D eigenvalue weighted by Crippen LogP contribution is -2.33. The minimum absolute atomic E-state index is 0.0570. The van der Waals surface area contributed by atoms with Gasteiger partial charge in [0.1, 0.15) is 11.5 Å². The average molecular weight is 451 g/mol. The second-order valence-corrected chi connectivity index (χ2v) is 6.98. The zero-order chi connectivity index (χ0) is 20.8. The number of nitrogens with zero attached hydrogens (tertiary/aromatic N) is 4. The Bertz CT molecular complexity index is 1060. The number of hydrogen-bond donors (Lipinski definition) is 2. The third-order valence-electron chi connectivity index (χ3n) is 3.58. The summed E-state index contributed by atoms with van der Waals surface area (Å²) in [6, 6.07) is 8.72. The van der Waals surface area contributed by atoms with E-state index in [4.69, 9.17) is 39.8 Å². The third-order valence-corrected chi connectivity index (χ3v) is 4.60. The number of furan rings is 1. The van der Waals surface area contributed by atoms with Crippen LogP contribution in [-0.2, 0) is 11.3 Å². The van der Waals surface area contributed by atoms with E-state index in [1.165, 1.54) is 16.9 Å². The number of benzene rings is 1. The van der Waals surface area contributed by atoms with E-state index in [1.54, 1.807) is 30.3 Å². The van der Waals surface area contributed by atoms with E-state index in [0.29, 0.717) is 33.7 Å². The maximum Gasteiger partial charge on any atom is 0.269 e. The van der Waals surface area contributed by atoms with Gasteiger partial charge in [0.25, 0.3) is 5.95 Å². The maximum atomic E-state index is 12.0. The molecule has 0 aliphatic heterocycles. The predicted octanol–water partition coefficient (Wildman–Crippen LogP) is 4.18. The number of nitrogens with one attached hydrogen (secondary N) is 2. The summed E-state index contributed by atoms with van der Waals surface area (Å²) in [5.74, 6) is 0.772. The number of aromatic nitrogens is 4. The molecule has 0 saturated carbocycles. The van der Waals surface area contributed by atoms with Crippen LogP contribution in [0.15, 0.2) is 40.8 Å². The first-order valence-electron chi connectivity index (χ1n) is 8.58. The molecule has 29 heavy (non-hydrogen) atoms. The molecule has 0 aliphatic carbocycles. The van der Waals surface area contributed by atoms with Crippen molar-refractivity contribution < 1.29 is 9.21 Å². The normalized spacial score (nSPS) is 11.0. The van der Waals surface area contributed by atoms with Crippen molar-refractivity contribution in [2.24, 2.45) is 0 Å². The van der Waals surface area contributed by atoms with Crippen LogP contribution < -0.4 is 10.6 Å². The number of rotatable bonds is 6. The molecule has 3 aromatic rings. The highest BCUT2D eigenvalue weighted by Gasteiger charge is 2.11. The van der Waals surface area contributed by atoms with Crippen LogP contribution >= 0.6 is 35.4 Å². The van der Waals surface area contributed by atoms with Crippen molar-refractivity contribution in [3.8, 4) is 11.3 Å². The molecule has 0 bridgehead atoms. The third kappa shape index (κ3) is 5.63. The Hall–Kier alpha value is -2.75. The van der Waals surface area contributed by atoms with Crippen molar-refractivity contribution >= 4 is 58.5 Å². The van der Waals surface area contributed by atoms with Gasteiger partial charge in [0.05, 0.1) is 16.6 Å². The van der Waals surface area contributed by atoms with Gasteiger partial charge in [-0.15, -0.1) is 5.10 Å².